The summed E-state index contributed by atoms with van der Waals surface area (Å²) in [5, 5.41) is 17.3. The Bertz CT molecular complexity index is 380. The van der Waals surface area contributed by atoms with E-state index in [1.165, 1.54) is 0 Å². The summed E-state index contributed by atoms with van der Waals surface area (Å²) in [6.45, 7) is 0.264. The number of carboxylic acids is 2. The number of ketones is 1. The molecule has 0 saturated heterocycles. The highest BCUT2D eigenvalue weighted by Crippen LogP contribution is 2.10. The fourth-order valence-electron chi connectivity index (χ4n) is 1.40. The molecule has 0 spiro atoms. The molecule has 0 amide bonds. The van der Waals surface area contributed by atoms with Gasteiger partial charge < -0.3 is 32.9 Å². The summed E-state index contributed by atoms with van der Waals surface area (Å²) < 4.78 is 0. The third-order valence-corrected chi connectivity index (χ3v) is 2.35. The van der Waals surface area contributed by atoms with Crippen LogP contribution < -0.4 is 17.2 Å². The molecule has 10 heteroatoms. The van der Waals surface area contributed by atoms with Crippen LogP contribution in [-0.4, -0.2) is 52.0 Å². The fourth-order valence-corrected chi connectivity index (χ4v) is 1.40. The van der Waals surface area contributed by atoms with Gasteiger partial charge in [-0.3, -0.25) is 19.4 Å². The molecule has 0 aromatic carbocycles. The molecule has 1 unspecified atom stereocenters. The average molecular weight is 292 g/mol. The quantitative estimate of drug-likeness (QED) is 0.130. The van der Waals surface area contributed by atoms with Gasteiger partial charge in [0, 0.05) is 6.54 Å². The fraction of sp³-hybridized carbons (Fsp3) is 0.600. The summed E-state index contributed by atoms with van der Waals surface area (Å²) in [6, 6.07) is -1.05. The van der Waals surface area contributed by atoms with Gasteiger partial charge in [0.2, 0.25) is 0 Å². The summed E-state index contributed by atoms with van der Waals surface area (Å²) in [6.07, 6.45) is -0.209. The molecule has 0 aliphatic carbocycles. The first-order chi connectivity index (χ1) is 8.75. The minimum absolute atomic E-state index is 0. The molecule has 10 N–H and O–H groups in total. The van der Waals surface area contributed by atoms with Crippen LogP contribution in [0.2, 0.25) is 0 Å². The number of guanidine groups is 1. The van der Waals surface area contributed by atoms with Crippen molar-refractivity contribution in [3.63, 3.8) is 0 Å². The Morgan fingerprint density at radius 3 is 2.10 bits per heavy atom. The van der Waals surface area contributed by atoms with E-state index in [9.17, 15) is 14.4 Å². The van der Waals surface area contributed by atoms with E-state index < -0.39 is 36.1 Å². The number of nitrogens with two attached hydrogens (primary N) is 3. The third kappa shape index (κ3) is 8.00. The Hall–Kier alpha value is -2.20. The van der Waals surface area contributed by atoms with E-state index >= 15 is 0 Å². The van der Waals surface area contributed by atoms with Gasteiger partial charge in [-0.25, -0.2) is 0 Å². The highest BCUT2D eigenvalue weighted by atomic mass is 16.4. The van der Waals surface area contributed by atoms with Crippen molar-refractivity contribution in [2.75, 3.05) is 6.54 Å². The molecule has 0 aliphatic heterocycles. The molecule has 0 aromatic heterocycles. The number of aliphatic imine (C=N–C) groups is 1. The van der Waals surface area contributed by atoms with Crippen LogP contribution >= 0.6 is 0 Å². The van der Waals surface area contributed by atoms with E-state index in [0.29, 0.717) is 6.42 Å². The van der Waals surface area contributed by atoms with Crippen molar-refractivity contribution >= 4 is 23.7 Å². The smallest absolute Gasteiger partial charge is 0.314 e. The number of hydrogen-bond acceptors (Lipinski definition) is 5. The Labute approximate surface area is 114 Å². The molecule has 20 heavy (non-hydrogen) atoms. The Balaban J connectivity index is 0. The van der Waals surface area contributed by atoms with Crippen molar-refractivity contribution in [3.8, 4) is 0 Å². The first-order valence-corrected chi connectivity index (χ1v) is 5.55. The Morgan fingerprint density at radius 2 is 1.70 bits per heavy atom. The maximum absolute atomic E-state index is 11.7. The molecule has 10 nitrogen and oxygen atoms in total. The van der Waals surface area contributed by atoms with Crippen LogP contribution in [0.15, 0.2) is 4.99 Å². The number of hydrogen-bond donors (Lipinski definition) is 5. The van der Waals surface area contributed by atoms with Crippen molar-refractivity contribution in [1.29, 1.82) is 0 Å². The monoisotopic (exact) mass is 292 g/mol. The number of carboxylic acid groups (broad SMARTS) is 2. The maximum atomic E-state index is 11.7. The van der Waals surface area contributed by atoms with Crippen molar-refractivity contribution in [3.05, 3.63) is 0 Å². The van der Waals surface area contributed by atoms with Crippen LogP contribution in [0.4, 0.5) is 0 Å². The lowest BCUT2D eigenvalue weighted by Crippen LogP contribution is -2.40. The van der Waals surface area contributed by atoms with Gasteiger partial charge in [0.25, 0.3) is 0 Å². The lowest BCUT2D eigenvalue weighted by Gasteiger charge is -2.14. The van der Waals surface area contributed by atoms with Crippen molar-refractivity contribution in [2.24, 2.45) is 28.1 Å². The zero-order valence-electron chi connectivity index (χ0n) is 10.8. The number of Topliss-reactive ketones (excluding diaryl/α,β-unsaturated/α-hetero) is 1. The van der Waals surface area contributed by atoms with E-state index in [0.717, 1.165) is 0 Å². The van der Waals surface area contributed by atoms with E-state index in [-0.39, 0.29) is 24.4 Å². The van der Waals surface area contributed by atoms with Gasteiger partial charge in [-0.05, 0) is 12.8 Å². The van der Waals surface area contributed by atoms with Crippen LogP contribution in [-0.2, 0) is 14.4 Å². The van der Waals surface area contributed by atoms with Crippen LogP contribution in [0, 0.1) is 5.92 Å². The summed E-state index contributed by atoms with van der Waals surface area (Å²) >= 11 is 0. The van der Waals surface area contributed by atoms with Gasteiger partial charge in [0.1, 0.15) is 5.92 Å². The second kappa shape index (κ2) is 9.69. The normalized spacial score (nSPS) is 12.7. The Kier molecular flexibility index (Phi) is 9.75. The SMILES string of the molecule is NC(N)=NCCC[C@H](N)C(=O)C(CC(=O)O)C(=O)O.O. The van der Waals surface area contributed by atoms with Crippen LogP contribution in [0.1, 0.15) is 19.3 Å². The van der Waals surface area contributed by atoms with E-state index in [1.807, 2.05) is 0 Å². The summed E-state index contributed by atoms with van der Waals surface area (Å²) in [7, 11) is 0. The van der Waals surface area contributed by atoms with Crippen molar-refractivity contribution in [1.82, 2.24) is 0 Å². The molecule has 2 atom stereocenters. The molecule has 0 bridgehead atoms. The van der Waals surface area contributed by atoms with E-state index in [4.69, 9.17) is 27.4 Å². The topological polar surface area (TPSA) is 214 Å². The van der Waals surface area contributed by atoms with Gasteiger partial charge in [-0.15, -0.1) is 0 Å². The number of aliphatic carboxylic acids is 2. The first-order valence-electron chi connectivity index (χ1n) is 5.55. The first kappa shape index (κ1) is 20.1. The second-order valence-electron chi connectivity index (χ2n) is 3.95. The summed E-state index contributed by atoms with van der Waals surface area (Å²) in [4.78, 5) is 36.7. The van der Waals surface area contributed by atoms with Crippen LogP contribution in [0.3, 0.4) is 0 Å². The largest absolute Gasteiger partial charge is 0.481 e. The van der Waals surface area contributed by atoms with Gasteiger partial charge in [0.15, 0.2) is 11.7 Å². The predicted octanol–water partition coefficient (Wildman–Crippen LogP) is -2.71. The van der Waals surface area contributed by atoms with Gasteiger partial charge in [-0.2, -0.15) is 0 Å². The Morgan fingerprint density at radius 1 is 1.15 bits per heavy atom. The molecule has 0 heterocycles. The molecule has 0 aliphatic rings. The number of nitrogens with zero attached hydrogens (tertiary/aromatic N) is 1. The van der Waals surface area contributed by atoms with Crippen LogP contribution in [0.5, 0.6) is 0 Å². The standard InChI is InChI=1S/C10H18N4O5.H2O/c11-6(2-1-3-14-10(12)13)8(17)5(9(18)19)4-7(15)16;/h5-6H,1-4,11H2,(H,15,16)(H,18,19)(H4,12,13,14);1H2/t5?,6-;/m0./s1. The minimum Gasteiger partial charge on any atom is -0.481 e. The lowest BCUT2D eigenvalue weighted by atomic mass is 9.93. The molecule has 116 valence electrons. The average Bonchev–Trinajstić information content (AvgIpc) is 2.29. The van der Waals surface area contributed by atoms with Gasteiger partial charge in [0.05, 0.1) is 12.5 Å². The number of carbonyl (C=O) groups excluding carboxylic acids is 1. The van der Waals surface area contributed by atoms with Gasteiger partial charge in [-0.1, -0.05) is 0 Å². The lowest BCUT2D eigenvalue weighted by molar-refractivity contribution is -0.152. The van der Waals surface area contributed by atoms with Crippen molar-refractivity contribution < 1.29 is 30.1 Å². The zero-order chi connectivity index (χ0) is 15.0. The molecular formula is C10H20N4O6. The molecule has 0 aromatic rings. The summed E-state index contributed by atoms with van der Waals surface area (Å²) in [5.41, 5.74) is 15.7. The van der Waals surface area contributed by atoms with Crippen molar-refractivity contribution in [2.45, 2.75) is 25.3 Å². The molecule has 0 fully saturated rings. The minimum atomic E-state index is -1.63. The summed E-state index contributed by atoms with van der Waals surface area (Å²) in [5.74, 6) is -5.38. The van der Waals surface area contributed by atoms with E-state index in [1.54, 1.807) is 0 Å². The van der Waals surface area contributed by atoms with Gasteiger partial charge >= 0.3 is 11.9 Å². The highest BCUT2D eigenvalue weighted by Gasteiger charge is 2.32. The molecular weight excluding hydrogens is 272 g/mol. The van der Waals surface area contributed by atoms with Crippen LogP contribution in [0.25, 0.3) is 0 Å². The zero-order valence-corrected chi connectivity index (χ0v) is 10.8. The molecule has 0 rings (SSSR count). The number of rotatable bonds is 9. The molecule has 0 radical (unpaired) electrons. The molecule has 0 saturated carbocycles. The predicted molar refractivity (Wildman–Crippen MR) is 69.9 cm³/mol. The second-order valence-corrected chi connectivity index (χ2v) is 3.95. The van der Waals surface area contributed by atoms with E-state index in [2.05, 4.69) is 4.99 Å². The number of carbonyl (C=O) groups is 3. The highest BCUT2D eigenvalue weighted by molar-refractivity contribution is 6.03. The third-order valence-electron chi connectivity index (χ3n) is 2.35. The maximum Gasteiger partial charge on any atom is 0.314 e.